The zero-order valence-electron chi connectivity index (χ0n) is 14.4. The minimum atomic E-state index is -0.936. The highest BCUT2D eigenvalue weighted by atomic mass is 16.6. The molecule has 0 aliphatic heterocycles. The molecule has 0 radical (unpaired) electrons. The first-order chi connectivity index (χ1) is 13.0. The molecule has 3 aromatic rings. The standard InChI is InChI=1S/C19H16N2O6/c1-12(17-10-13-6-2-5-9-16(13)27-17)20-18(22)11-26-19(23)14-7-3-4-8-15(14)21(24)25/h2-10,12H,11H2,1H3,(H,20,22)/t12-/m1/s1. The summed E-state index contributed by atoms with van der Waals surface area (Å²) in [4.78, 5) is 34.3. The molecule has 0 saturated heterocycles. The summed E-state index contributed by atoms with van der Waals surface area (Å²) in [6.45, 7) is 1.18. The van der Waals surface area contributed by atoms with Crippen LogP contribution in [0.5, 0.6) is 0 Å². The van der Waals surface area contributed by atoms with Gasteiger partial charge in [-0.05, 0) is 25.1 Å². The van der Waals surface area contributed by atoms with Crippen molar-refractivity contribution in [3.63, 3.8) is 0 Å². The summed E-state index contributed by atoms with van der Waals surface area (Å²) in [6.07, 6.45) is 0. The molecule has 138 valence electrons. The Morgan fingerprint density at radius 3 is 2.63 bits per heavy atom. The van der Waals surface area contributed by atoms with Crippen LogP contribution in [0, 0.1) is 10.1 Å². The second kappa shape index (κ2) is 7.69. The lowest BCUT2D eigenvalue weighted by Gasteiger charge is -2.11. The summed E-state index contributed by atoms with van der Waals surface area (Å²) in [5.74, 6) is -0.918. The summed E-state index contributed by atoms with van der Waals surface area (Å²) in [5, 5.41) is 14.5. The molecule has 1 amide bonds. The number of furan rings is 1. The van der Waals surface area contributed by atoms with Crippen molar-refractivity contribution in [2.45, 2.75) is 13.0 Å². The summed E-state index contributed by atoms with van der Waals surface area (Å²) in [6, 6.07) is 14.2. The van der Waals surface area contributed by atoms with Gasteiger partial charge in [0.1, 0.15) is 16.9 Å². The van der Waals surface area contributed by atoms with Gasteiger partial charge in [-0.3, -0.25) is 14.9 Å². The minimum Gasteiger partial charge on any atom is -0.459 e. The number of hydrogen-bond donors (Lipinski definition) is 1. The molecule has 1 N–H and O–H groups in total. The molecule has 0 saturated carbocycles. The Hall–Kier alpha value is -3.68. The van der Waals surface area contributed by atoms with Crippen LogP contribution in [-0.2, 0) is 9.53 Å². The van der Waals surface area contributed by atoms with E-state index in [1.54, 1.807) is 6.92 Å². The first kappa shape index (κ1) is 18.1. The average Bonchev–Trinajstić information content (AvgIpc) is 3.10. The normalized spacial score (nSPS) is 11.7. The van der Waals surface area contributed by atoms with Gasteiger partial charge in [-0.1, -0.05) is 30.3 Å². The number of ether oxygens (including phenoxy) is 1. The van der Waals surface area contributed by atoms with Gasteiger partial charge in [0.05, 0.1) is 11.0 Å². The van der Waals surface area contributed by atoms with Gasteiger partial charge in [-0.15, -0.1) is 0 Å². The number of nitro groups is 1. The fraction of sp³-hybridized carbons (Fsp3) is 0.158. The second-order valence-electron chi connectivity index (χ2n) is 5.83. The number of nitrogens with one attached hydrogen (secondary N) is 1. The number of fused-ring (bicyclic) bond motifs is 1. The fourth-order valence-corrected chi connectivity index (χ4v) is 2.58. The van der Waals surface area contributed by atoms with Gasteiger partial charge >= 0.3 is 5.97 Å². The quantitative estimate of drug-likeness (QED) is 0.405. The number of nitro benzene ring substituents is 1. The lowest BCUT2D eigenvalue weighted by atomic mass is 10.2. The highest BCUT2D eigenvalue weighted by molar-refractivity contribution is 5.95. The summed E-state index contributed by atoms with van der Waals surface area (Å²) < 4.78 is 10.6. The predicted molar refractivity (Wildman–Crippen MR) is 96.2 cm³/mol. The molecule has 27 heavy (non-hydrogen) atoms. The predicted octanol–water partition coefficient (Wildman–Crippen LogP) is 3.38. The number of esters is 1. The summed E-state index contributed by atoms with van der Waals surface area (Å²) in [7, 11) is 0. The summed E-state index contributed by atoms with van der Waals surface area (Å²) >= 11 is 0. The second-order valence-corrected chi connectivity index (χ2v) is 5.83. The van der Waals surface area contributed by atoms with Crippen molar-refractivity contribution >= 4 is 28.5 Å². The highest BCUT2D eigenvalue weighted by Crippen LogP contribution is 2.23. The number of carbonyl (C=O) groups excluding carboxylic acids is 2. The molecule has 0 spiro atoms. The summed E-state index contributed by atoms with van der Waals surface area (Å²) in [5.41, 5.74) is 0.121. The van der Waals surface area contributed by atoms with E-state index in [1.807, 2.05) is 30.3 Å². The Morgan fingerprint density at radius 2 is 1.89 bits per heavy atom. The third-order valence-corrected chi connectivity index (χ3v) is 3.90. The molecule has 0 bridgehead atoms. The van der Waals surface area contributed by atoms with E-state index in [0.717, 1.165) is 5.39 Å². The number of benzene rings is 2. The Kier molecular flexibility index (Phi) is 5.16. The van der Waals surface area contributed by atoms with Gasteiger partial charge in [0.15, 0.2) is 6.61 Å². The number of rotatable bonds is 6. The van der Waals surface area contributed by atoms with E-state index >= 15 is 0 Å². The van der Waals surface area contributed by atoms with Crippen molar-refractivity contribution in [1.29, 1.82) is 0 Å². The van der Waals surface area contributed by atoms with Crippen molar-refractivity contribution in [1.82, 2.24) is 5.32 Å². The van der Waals surface area contributed by atoms with Crippen molar-refractivity contribution < 1.29 is 23.7 Å². The average molecular weight is 368 g/mol. The van der Waals surface area contributed by atoms with Crippen LogP contribution in [0.2, 0.25) is 0 Å². The van der Waals surface area contributed by atoms with E-state index in [0.29, 0.717) is 11.3 Å². The Labute approximate surface area is 153 Å². The first-order valence-electron chi connectivity index (χ1n) is 8.14. The molecule has 8 nitrogen and oxygen atoms in total. The number of hydrogen-bond acceptors (Lipinski definition) is 6. The fourth-order valence-electron chi connectivity index (χ4n) is 2.58. The Bertz CT molecular complexity index is 977. The molecule has 1 heterocycles. The SMILES string of the molecule is C[C@@H](NC(=O)COC(=O)c1ccccc1[N+](=O)[O-])c1cc2ccccc2o1. The molecule has 8 heteroatoms. The van der Waals surface area contributed by atoms with E-state index in [1.165, 1.54) is 24.3 Å². The van der Waals surface area contributed by atoms with Crippen LogP contribution >= 0.6 is 0 Å². The zero-order chi connectivity index (χ0) is 19.4. The van der Waals surface area contributed by atoms with Gasteiger partial charge in [-0.2, -0.15) is 0 Å². The molecule has 1 aromatic heterocycles. The molecular weight excluding hydrogens is 352 g/mol. The first-order valence-corrected chi connectivity index (χ1v) is 8.14. The minimum absolute atomic E-state index is 0.208. The van der Waals surface area contributed by atoms with Crippen LogP contribution in [-0.4, -0.2) is 23.4 Å². The maximum Gasteiger partial charge on any atom is 0.345 e. The van der Waals surface area contributed by atoms with Gasteiger partial charge in [0.2, 0.25) is 0 Å². The lowest BCUT2D eigenvalue weighted by Crippen LogP contribution is -2.31. The largest absolute Gasteiger partial charge is 0.459 e. The molecule has 3 rings (SSSR count). The van der Waals surface area contributed by atoms with Crippen molar-refractivity contribution in [3.8, 4) is 0 Å². The van der Waals surface area contributed by atoms with E-state index in [-0.39, 0.29) is 11.3 Å². The Balaban J connectivity index is 1.59. The molecule has 0 fully saturated rings. The van der Waals surface area contributed by atoms with E-state index in [2.05, 4.69) is 5.32 Å². The third-order valence-electron chi connectivity index (χ3n) is 3.90. The van der Waals surface area contributed by atoms with Crippen molar-refractivity contribution in [2.75, 3.05) is 6.61 Å². The molecule has 0 aliphatic rings. The van der Waals surface area contributed by atoms with Gasteiger partial charge in [-0.25, -0.2) is 4.79 Å². The Morgan fingerprint density at radius 1 is 1.19 bits per heavy atom. The topological polar surface area (TPSA) is 112 Å². The number of nitrogens with zero attached hydrogens (tertiary/aromatic N) is 1. The van der Waals surface area contributed by atoms with Crippen LogP contribution in [0.25, 0.3) is 11.0 Å². The van der Waals surface area contributed by atoms with Gasteiger partial charge in [0.25, 0.3) is 11.6 Å². The van der Waals surface area contributed by atoms with E-state index in [9.17, 15) is 19.7 Å². The van der Waals surface area contributed by atoms with Crippen molar-refractivity contribution in [3.05, 3.63) is 76.0 Å². The van der Waals surface area contributed by atoms with Crippen LogP contribution in [0.15, 0.2) is 59.0 Å². The van der Waals surface area contributed by atoms with Crippen LogP contribution < -0.4 is 5.32 Å². The van der Waals surface area contributed by atoms with E-state index in [4.69, 9.17) is 9.15 Å². The molecule has 1 atom stereocenters. The number of carbonyl (C=O) groups is 2. The number of para-hydroxylation sites is 2. The number of amides is 1. The van der Waals surface area contributed by atoms with Crippen LogP contribution in [0.3, 0.4) is 0 Å². The van der Waals surface area contributed by atoms with E-state index < -0.39 is 29.4 Å². The van der Waals surface area contributed by atoms with Gasteiger partial charge < -0.3 is 14.5 Å². The maximum absolute atomic E-state index is 12.0. The van der Waals surface area contributed by atoms with Crippen LogP contribution in [0.4, 0.5) is 5.69 Å². The maximum atomic E-state index is 12.0. The van der Waals surface area contributed by atoms with Gasteiger partial charge in [0, 0.05) is 11.5 Å². The van der Waals surface area contributed by atoms with Crippen LogP contribution in [0.1, 0.15) is 29.1 Å². The molecule has 0 unspecified atom stereocenters. The molecular formula is C19H16N2O6. The van der Waals surface area contributed by atoms with Crippen molar-refractivity contribution in [2.24, 2.45) is 0 Å². The highest BCUT2D eigenvalue weighted by Gasteiger charge is 2.22. The zero-order valence-corrected chi connectivity index (χ0v) is 14.4. The molecule has 0 aliphatic carbocycles. The smallest absolute Gasteiger partial charge is 0.345 e. The third kappa shape index (κ3) is 4.12. The lowest BCUT2D eigenvalue weighted by molar-refractivity contribution is -0.385. The molecule has 2 aromatic carbocycles. The monoisotopic (exact) mass is 368 g/mol.